The molecule has 0 saturated carbocycles. The molecule has 0 radical (unpaired) electrons. The summed E-state index contributed by atoms with van der Waals surface area (Å²) in [7, 11) is 0. The number of H-pyrrole nitrogens is 2. The van der Waals surface area contributed by atoms with Gasteiger partial charge in [0.25, 0.3) is 11.5 Å². The van der Waals surface area contributed by atoms with E-state index in [0.29, 0.717) is 24.6 Å². The van der Waals surface area contributed by atoms with Gasteiger partial charge in [0.2, 0.25) is 0 Å². The number of carbonyl (C=O) groups is 1. The monoisotopic (exact) mass is 383 g/mol. The Bertz CT molecular complexity index is 1030. The van der Waals surface area contributed by atoms with Gasteiger partial charge >= 0.3 is 0 Å². The molecule has 3 aromatic heterocycles. The second kappa shape index (κ2) is 7.11. The van der Waals surface area contributed by atoms with Gasteiger partial charge in [-0.3, -0.25) is 14.7 Å². The van der Waals surface area contributed by atoms with E-state index in [2.05, 4.69) is 27.1 Å². The summed E-state index contributed by atoms with van der Waals surface area (Å²) in [5.41, 5.74) is 1.89. The van der Waals surface area contributed by atoms with Crippen LogP contribution in [-0.2, 0) is 0 Å². The van der Waals surface area contributed by atoms with E-state index in [9.17, 15) is 9.59 Å². The Hall–Kier alpha value is -2.74. The van der Waals surface area contributed by atoms with Crippen LogP contribution in [0.2, 0.25) is 0 Å². The number of thiophene rings is 1. The molecule has 4 rings (SSSR count). The van der Waals surface area contributed by atoms with E-state index in [1.54, 1.807) is 18.3 Å². The van der Waals surface area contributed by atoms with Crippen LogP contribution in [0.25, 0.3) is 10.6 Å². The molecule has 1 fully saturated rings. The minimum absolute atomic E-state index is 0.0713. The number of aromatic amines is 2. The van der Waals surface area contributed by atoms with E-state index in [1.165, 1.54) is 10.9 Å². The van der Waals surface area contributed by atoms with Crippen LogP contribution >= 0.6 is 11.3 Å². The Morgan fingerprint density at radius 1 is 1.30 bits per heavy atom. The van der Waals surface area contributed by atoms with Crippen molar-refractivity contribution in [3.63, 3.8) is 0 Å². The first kappa shape index (κ1) is 17.7. The van der Waals surface area contributed by atoms with Gasteiger partial charge in [-0.05, 0) is 44.9 Å². The van der Waals surface area contributed by atoms with Gasteiger partial charge in [-0.25, -0.2) is 4.98 Å². The van der Waals surface area contributed by atoms with Gasteiger partial charge in [0, 0.05) is 30.0 Å². The number of carbonyl (C=O) groups excluding carboxylic acids is 1. The quantitative estimate of drug-likeness (QED) is 0.727. The number of hydrogen-bond acceptors (Lipinski definition) is 5. The van der Waals surface area contributed by atoms with Crippen molar-refractivity contribution in [2.24, 2.45) is 0 Å². The minimum Gasteiger partial charge on any atom is -0.337 e. The Morgan fingerprint density at radius 3 is 2.89 bits per heavy atom. The lowest BCUT2D eigenvalue weighted by Crippen LogP contribution is -2.39. The summed E-state index contributed by atoms with van der Waals surface area (Å²) in [6.07, 6.45) is 1.80. The first-order chi connectivity index (χ1) is 13.0. The van der Waals surface area contributed by atoms with Crippen LogP contribution in [0.5, 0.6) is 0 Å². The first-order valence-corrected chi connectivity index (χ1v) is 9.80. The van der Waals surface area contributed by atoms with Gasteiger partial charge in [-0.15, -0.1) is 11.3 Å². The number of aryl methyl sites for hydroxylation is 2. The molecule has 3 aromatic rings. The maximum Gasteiger partial charge on any atom is 0.274 e. The lowest BCUT2D eigenvalue weighted by atomic mass is 9.94. The van der Waals surface area contributed by atoms with Crippen LogP contribution in [0.4, 0.5) is 0 Å². The van der Waals surface area contributed by atoms with Gasteiger partial charge in [0.05, 0.1) is 16.3 Å². The zero-order valence-electron chi connectivity index (χ0n) is 15.3. The largest absolute Gasteiger partial charge is 0.337 e. The fraction of sp³-hybridized carbons (Fsp3) is 0.368. The molecule has 1 saturated heterocycles. The molecule has 1 aliphatic rings. The third-order valence-corrected chi connectivity index (χ3v) is 5.84. The topological polar surface area (TPSA) is 94.7 Å². The summed E-state index contributed by atoms with van der Waals surface area (Å²) in [4.78, 5) is 35.9. The molecule has 1 unspecified atom stereocenters. The fourth-order valence-electron chi connectivity index (χ4n) is 3.51. The number of rotatable bonds is 3. The number of hydrogen-bond donors (Lipinski definition) is 2. The molecule has 4 heterocycles. The summed E-state index contributed by atoms with van der Waals surface area (Å²) < 4.78 is 0. The summed E-state index contributed by atoms with van der Waals surface area (Å²) in [5.74, 6) is 0.586. The summed E-state index contributed by atoms with van der Waals surface area (Å²) >= 11 is 1.66. The van der Waals surface area contributed by atoms with Crippen LogP contribution in [0, 0.1) is 13.8 Å². The molecule has 0 aliphatic carbocycles. The maximum absolute atomic E-state index is 12.9. The van der Waals surface area contributed by atoms with E-state index in [-0.39, 0.29) is 17.4 Å². The maximum atomic E-state index is 12.9. The van der Waals surface area contributed by atoms with Crippen LogP contribution in [0.15, 0.2) is 29.1 Å². The molecule has 1 amide bonds. The molecular formula is C19H21N5O2S. The summed E-state index contributed by atoms with van der Waals surface area (Å²) in [6.45, 7) is 5.07. The van der Waals surface area contributed by atoms with Crippen LogP contribution in [-0.4, -0.2) is 44.1 Å². The van der Waals surface area contributed by atoms with Crippen molar-refractivity contribution in [2.75, 3.05) is 13.1 Å². The highest BCUT2D eigenvalue weighted by atomic mass is 32.1. The Morgan fingerprint density at radius 2 is 2.15 bits per heavy atom. The Balaban J connectivity index is 1.52. The molecule has 1 atom stereocenters. The summed E-state index contributed by atoms with van der Waals surface area (Å²) in [5, 5.41) is 7.19. The van der Waals surface area contributed by atoms with Crippen molar-refractivity contribution in [1.82, 2.24) is 25.1 Å². The lowest BCUT2D eigenvalue weighted by molar-refractivity contribution is 0.0700. The molecule has 1 aliphatic heterocycles. The molecule has 140 valence electrons. The number of nitrogens with zero attached hydrogens (tertiary/aromatic N) is 3. The number of amides is 1. The molecule has 8 heteroatoms. The Kier molecular flexibility index (Phi) is 4.65. The van der Waals surface area contributed by atoms with Crippen molar-refractivity contribution in [2.45, 2.75) is 32.6 Å². The Labute approximate surface area is 160 Å². The van der Waals surface area contributed by atoms with E-state index in [0.717, 1.165) is 29.1 Å². The summed E-state index contributed by atoms with van der Waals surface area (Å²) in [6, 6.07) is 7.43. The van der Waals surface area contributed by atoms with Gasteiger partial charge in [0.1, 0.15) is 5.82 Å². The van der Waals surface area contributed by atoms with Crippen molar-refractivity contribution >= 4 is 17.2 Å². The fourth-order valence-corrected chi connectivity index (χ4v) is 4.35. The predicted octanol–water partition coefficient (Wildman–Crippen LogP) is 2.86. The van der Waals surface area contributed by atoms with Crippen molar-refractivity contribution < 1.29 is 4.79 Å². The molecular weight excluding hydrogens is 362 g/mol. The second-order valence-corrected chi connectivity index (χ2v) is 8.21. The molecule has 0 aromatic carbocycles. The number of piperidine rings is 1. The third-order valence-electron chi connectivity index (χ3n) is 4.81. The highest BCUT2D eigenvalue weighted by molar-refractivity contribution is 7.15. The minimum atomic E-state index is -0.149. The van der Waals surface area contributed by atoms with Crippen LogP contribution in [0.3, 0.4) is 0 Å². The normalized spacial score (nSPS) is 17.3. The lowest BCUT2D eigenvalue weighted by Gasteiger charge is -2.32. The highest BCUT2D eigenvalue weighted by Crippen LogP contribution is 2.28. The smallest absolute Gasteiger partial charge is 0.274 e. The van der Waals surface area contributed by atoms with Gasteiger partial charge < -0.3 is 9.88 Å². The number of nitrogens with one attached hydrogen (secondary N) is 2. The van der Waals surface area contributed by atoms with Crippen LogP contribution in [0.1, 0.15) is 45.6 Å². The van der Waals surface area contributed by atoms with Crippen molar-refractivity contribution in [3.8, 4) is 10.6 Å². The van der Waals surface area contributed by atoms with E-state index >= 15 is 0 Å². The number of aromatic nitrogens is 4. The standard InChI is InChI=1S/C19H21N5O2S/c1-11-5-6-17(27-11)15-8-16(23-22-15)19(26)24-7-3-4-13(10-24)14-9-18(25)21-12(2)20-14/h5-6,8-9,13H,3-4,7,10H2,1-2H3,(H,22,23)(H,20,21,25). The van der Waals surface area contributed by atoms with E-state index < -0.39 is 0 Å². The predicted molar refractivity (Wildman–Crippen MR) is 104 cm³/mol. The molecule has 0 bridgehead atoms. The number of likely N-dealkylation sites (tertiary alicyclic amines) is 1. The highest BCUT2D eigenvalue weighted by Gasteiger charge is 2.28. The zero-order chi connectivity index (χ0) is 19.0. The average Bonchev–Trinajstić information content (AvgIpc) is 3.29. The van der Waals surface area contributed by atoms with Gasteiger partial charge in [-0.2, -0.15) is 5.10 Å². The second-order valence-electron chi connectivity index (χ2n) is 6.92. The van der Waals surface area contributed by atoms with Gasteiger partial charge in [0.15, 0.2) is 5.69 Å². The average molecular weight is 383 g/mol. The SMILES string of the molecule is Cc1nc(C2CCCN(C(=O)c3cc(-c4ccc(C)s4)[nH]n3)C2)cc(=O)[nH]1. The van der Waals surface area contributed by atoms with Crippen molar-refractivity contribution in [1.29, 1.82) is 0 Å². The van der Waals surface area contributed by atoms with Crippen molar-refractivity contribution in [3.05, 3.63) is 56.7 Å². The molecule has 27 heavy (non-hydrogen) atoms. The van der Waals surface area contributed by atoms with Crippen LogP contribution < -0.4 is 5.56 Å². The molecule has 0 spiro atoms. The molecule has 7 nitrogen and oxygen atoms in total. The first-order valence-electron chi connectivity index (χ1n) is 8.99. The van der Waals surface area contributed by atoms with Gasteiger partial charge in [-0.1, -0.05) is 0 Å². The zero-order valence-corrected chi connectivity index (χ0v) is 16.1. The third kappa shape index (κ3) is 3.71. The molecule has 2 N–H and O–H groups in total. The van der Waals surface area contributed by atoms with E-state index in [4.69, 9.17) is 0 Å². The van der Waals surface area contributed by atoms with E-state index in [1.807, 2.05) is 23.1 Å².